The summed E-state index contributed by atoms with van der Waals surface area (Å²) in [5.74, 6) is -1.42. The Balaban J connectivity index is 1.62. The summed E-state index contributed by atoms with van der Waals surface area (Å²) >= 11 is 1.18. The van der Waals surface area contributed by atoms with Crippen molar-refractivity contribution in [3.63, 3.8) is 0 Å². The molecule has 0 bridgehead atoms. The van der Waals surface area contributed by atoms with Crippen molar-refractivity contribution < 1.29 is 13.6 Å². The first-order valence-corrected chi connectivity index (χ1v) is 8.25. The molecule has 1 aromatic heterocycles. The highest BCUT2D eigenvalue weighted by molar-refractivity contribution is 7.13. The average Bonchev–Trinajstić information content (AvgIpc) is 3.04. The summed E-state index contributed by atoms with van der Waals surface area (Å²) in [5, 5.41) is 4.84. The van der Waals surface area contributed by atoms with E-state index >= 15 is 0 Å². The lowest BCUT2D eigenvalue weighted by atomic mass is 10.2. The van der Waals surface area contributed by atoms with Crippen LogP contribution >= 0.6 is 11.3 Å². The molecular formula is C18H14F2N2OS. The maximum absolute atomic E-state index is 13.8. The number of halogens is 2. The SMILES string of the molecule is O=C(NCCc1csc(-c2c(F)cccc2F)n1)c1ccccc1. The van der Waals surface area contributed by atoms with Crippen molar-refractivity contribution in [3.05, 3.63) is 76.8 Å². The summed E-state index contributed by atoms with van der Waals surface area (Å²) in [5.41, 5.74) is 1.16. The lowest BCUT2D eigenvalue weighted by molar-refractivity contribution is 0.0954. The molecule has 2 aromatic carbocycles. The number of hydrogen-bond acceptors (Lipinski definition) is 3. The van der Waals surface area contributed by atoms with Crippen molar-refractivity contribution >= 4 is 17.2 Å². The first-order chi connectivity index (χ1) is 11.6. The molecule has 24 heavy (non-hydrogen) atoms. The van der Waals surface area contributed by atoms with Gasteiger partial charge in [-0.1, -0.05) is 24.3 Å². The van der Waals surface area contributed by atoms with Crippen LogP contribution in [0.2, 0.25) is 0 Å². The number of thiazole rings is 1. The molecule has 0 saturated heterocycles. The van der Waals surface area contributed by atoms with Crippen molar-refractivity contribution in [2.24, 2.45) is 0 Å². The molecule has 0 aliphatic rings. The summed E-state index contributed by atoms with van der Waals surface area (Å²) in [6.07, 6.45) is 0.491. The molecule has 0 aliphatic carbocycles. The van der Waals surface area contributed by atoms with E-state index in [2.05, 4.69) is 10.3 Å². The Hall–Kier alpha value is -2.60. The minimum absolute atomic E-state index is 0.109. The maximum Gasteiger partial charge on any atom is 0.251 e. The zero-order valence-electron chi connectivity index (χ0n) is 12.6. The van der Waals surface area contributed by atoms with Crippen molar-refractivity contribution in [2.75, 3.05) is 6.54 Å². The summed E-state index contributed by atoms with van der Waals surface area (Å²) < 4.78 is 27.5. The Labute approximate surface area is 142 Å². The van der Waals surface area contributed by atoms with Gasteiger partial charge in [0, 0.05) is 23.9 Å². The summed E-state index contributed by atoms with van der Waals surface area (Å²) in [6.45, 7) is 0.399. The zero-order chi connectivity index (χ0) is 16.9. The monoisotopic (exact) mass is 344 g/mol. The Morgan fingerprint density at radius 1 is 1.04 bits per heavy atom. The molecule has 6 heteroatoms. The Kier molecular flexibility index (Phi) is 4.96. The highest BCUT2D eigenvalue weighted by Gasteiger charge is 2.14. The van der Waals surface area contributed by atoms with E-state index < -0.39 is 11.6 Å². The van der Waals surface area contributed by atoms with Crippen LogP contribution in [-0.4, -0.2) is 17.4 Å². The molecule has 0 saturated carbocycles. The Morgan fingerprint density at radius 2 is 1.75 bits per heavy atom. The molecule has 0 atom stereocenters. The van der Waals surface area contributed by atoms with Crippen molar-refractivity contribution in [3.8, 4) is 10.6 Å². The van der Waals surface area contributed by atoms with Gasteiger partial charge in [0.25, 0.3) is 5.91 Å². The number of nitrogens with one attached hydrogen (secondary N) is 1. The summed E-state index contributed by atoms with van der Waals surface area (Å²) in [6, 6.07) is 12.6. The topological polar surface area (TPSA) is 42.0 Å². The fourth-order valence-electron chi connectivity index (χ4n) is 2.23. The minimum atomic E-state index is -0.631. The van der Waals surface area contributed by atoms with Gasteiger partial charge in [0.15, 0.2) is 0 Å². The molecule has 1 N–H and O–H groups in total. The molecule has 1 heterocycles. The van der Waals surface area contributed by atoms with E-state index in [1.165, 1.54) is 29.5 Å². The molecule has 0 spiro atoms. The second-order valence-electron chi connectivity index (χ2n) is 5.11. The molecule has 1 amide bonds. The van der Waals surface area contributed by atoms with E-state index in [0.29, 0.717) is 29.2 Å². The third-order valence-corrected chi connectivity index (χ3v) is 4.34. The van der Waals surface area contributed by atoms with Crippen LogP contribution in [-0.2, 0) is 6.42 Å². The summed E-state index contributed by atoms with van der Waals surface area (Å²) in [4.78, 5) is 16.2. The quantitative estimate of drug-likeness (QED) is 0.758. The van der Waals surface area contributed by atoms with Crippen LogP contribution in [0.4, 0.5) is 8.78 Å². The molecule has 122 valence electrons. The number of carbonyl (C=O) groups is 1. The molecule has 3 nitrogen and oxygen atoms in total. The number of nitrogens with zero attached hydrogens (tertiary/aromatic N) is 1. The van der Waals surface area contributed by atoms with E-state index in [-0.39, 0.29) is 11.5 Å². The van der Waals surface area contributed by atoms with Gasteiger partial charge in [0.05, 0.1) is 11.3 Å². The first-order valence-electron chi connectivity index (χ1n) is 7.37. The molecular weight excluding hydrogens is 330 g/mol. The molecule has 3 aromatic rings. The number of carbonyl (C=O) groups excluding carboxylic acids is 1. The smallest absolute Gasteiger partial charge is 0.251 e. The van der Waals surface area contributed by atoms with Crippen molar-refractivity contribution in [1.82, 2.24) is 10.3 Å². The standard InChI is InChI=1S/C18H14F2N2OS/c19-14-7-4-8-15(20)16(14)18-22-13(11-24-18)9-10-21-17(23)12-5-2-1-3-6-12/h1-8,11H,9-10H2,(H,21,23). The Bertz CT molecular complexity index is 829. The van der Waals surface area contributed by atoms with Crippen LogP contribution < -0.4 is 5.32 Å². The highest BCUT2D eigenvalue weighted by Crippen LogP contribution is 2.28. The molecule has 3 rings (SSSR count). The third kappa shape index (κ3) is 3.65. The van der Waals surface area contributed by atoms with Crippen LogP contribution in [0.25, 0.3) is 10.6 Å². The number of hydrogen-bond donors (Lipinski definition) is 1. The van der Waals surface area contributed by atoms with Gasteiger partial charge in [-0.05, 0) is 24.3 Å². The van der Waals surface area contributed by atoms with E-state index in [1.807, 2.05) is 6.07 Å². The lowest BCUT2D eigenvalue weighted by Crippen LogP contribution is -2.25. The van der Waals surface area contributed by atoms with E-state index in [1.54, 1.807) is 29.6 Å². The number of amides is 1. The van der Waals surface area contributed by atoms with E-state index in [4.69, 9.17) is 0 Å². The van der Waals surface area contributed by atoms with Gasteiger partial charge < -0.3 is 5.32 Å². The van der Waals surface area contributed by atoms with Gasteiger partial charge in [-0.15, -0.1) is 11.3 Å². The van der Waals surface area contributed by atoms with Gasteiger partial charge in [-0.3, -0.25) is 4.79 Å². The molecule has 0 fully saturated rings. The largest absolute Gasteiger partial charge is 0.352 e. The fraction of sp³-hybridized carbons (Fsp3) is 0.111. The second kappa shape index (κ2) is 7.31. The van der Waals surface area contributed by atoms with Crippen LogP contribution in [0, 0.1) is 11.6 Å². The van der Waals surface area contributed by atoms with Crippen LogP contribution in [0.1, 0.15) is 16.1 Å². The predicted molar refractivity (Wildman–Crippen MR) is 89.9 cm³/mol. The van der Waals surface area contributed by atoms with Gasteiger partial charge in [-0.25, -0.2) is 13.8 Å². The molecule has 0 unspecified atom stereocenters. The maximum atomic E-state index is 13.8. The molecule has 0 aliphatic heterocycles. The lowest BCUT2D eigenvalue weighted by Gasteiger charge is -2.03. The summed E-state index contributed by atoms with van der Waals surface area (Å²) in [7, 11) is 0. The predicted octanol–water partition coefficient (Wildman–Crippen LogP) is 4.06. The average molecular weight is 344 g/mol. The van der Waals surface area contributed by atoms with Crippen molar-refractivity contribution in [1.29, 1.82) is 0 Å². The minimum Gasteiger partial charge on any atom is -0.352 e. The molecule has 0 radical (unpaired) electrons. The number of aromatic nitrogens is 1. The Morgan fingerprint density at radius 3 is 2.46 bits per heavy atom. The highest BCUT2D eigenvalue weighted by atomic mass is 32.1. The zero-order valence-corrected chi connectivity index (χ0v) is 13.4. The van der Waals surface area contributed by atoms with Gasteiger partial charge in [0.1, 0.15) is 16.6 Å². The van der Waals surface area contributed by atoms with Crippen LogP contribution in [0.15, 0.2) is 53.9 Å². The van der Waals surface area contributed by atoms with Crippen molar-refractivity contribution in [2.45, 2.75) is 6.42 Å². The van der Waals surface area contributed by atoms with Gasteiger partial charge >= 0.3 is 0 Å². The second-order valence-corrected chi connectivity index (χ2v) is 5.97. The fourth-order valence-corrected chi connectivity index (χ4v) is 3.14. The normalized spacial score (nSPS) is 10.6. The third-order valence-electron chi connectivity index (χ3n) is 3.43. The van der Waals surface area contributed by atoms with Gasteiger partial charge in [-0.2, -0.15) is 0 Å². The van der Waals surface area contributed by atoms with E-state index in [9.17, 15) is 13.6 Å². The first kappa shape index (κ1) is 16.3. The van der Waals surface area contributed by atoms with Gasteiger partial charge in [0.2, 0.25) is 0 Å². The number of rotatable bonds is 5. The van der Waals surface area contributed by atoms with E-state index in [0.717, 1.165) is 0 Å². The van der Waals surface area contributed by atoms with Crippen LogP contribution in [0.3, 0.4) is 0 Å². The number of benzene rings is 2. The van der Waals surface area contributed by atoms with Crippen LogP contribution in [0.5, 0.6) is 0 Å².